The fourth-order valence-electron chi connectivity index (χ4n) is 2.71. The van der Waals surface area contributed by atoms with E-state index in [1.165, 1.54) is 27.8 Å². The molecule has 152 valence electrons. The molecule has 0 bridgehead atoms. The molecule has 3 aromatic rings. The van der Waals surface area contributed by atoms with Crippen LogP contribution in [0.2, 0.25) is 0 Å². The second kappa shape index (κ2) is 11.1. The number of aryl methyl sites for hydroxylation is 1. The SMILES string of the molecule is Cc1ccc(SCCNC(=O)CSc2nnc(C[C@@H](C)c3ccccc3)o2)cc1. The minimum Gasteiger partial charge on any atom is -0.416 e. The summed E-state index contributed by atoms with van der Waals surface area (Å²) in [6.45, 7) is 4.83. The van der Waals surface area contributed by atoms with E-state index < -0.39 is 0 Å². The lowest BCUT2D eigenvalue weighted by atomic mass is 9.98. The number of benzene rings is 2. The number of aromatic nitrogens is 2. The molecule has 0 aliphatic carbocycles. The average molecular weight is 428 g/mol. The smallest absolute Gasteiger partial charge is 0.277 e. The summed E-state index contributed by atoms with van der Waals surface area (Å²) < 4.78 is 5.68. The molecule has 0 fully saturated rings. The van der Waals surface area contributed by atoms with Crippen molar-refractivity contribution >= 4 is 29.4 Å². The minimum atomic E-state index is -0.0306. The molecule has 29 heavy (non-hydrogen) atoms. The third-order valence-electron chi connectivity index (χ3n) is 4.34. The molecule has 1 aromatic heterocycles. The Morgan fingerprint density at radius 2 is 1.83 bits per heavy atom. The average Bonchev–Trinajstić information content (AvgIpc) is 3.19. The van der Waals surface area contributed by atoms with Crippen LogP contribution in [-0.4, -0.2) is 34.2 Å². The van der Waals surface area contributed by atoms with E-state index in [1.807, 2.05) is 18.2 Å². The fourth-order valence-corrected chi connectivity index (χ4v) is 4.09. The number of nitrogens with zero attached hydrogens (tertiary/aromatic N) is 2. The van der Waals surface area contributed by atoms with Crippen LogP contribution in [0.4, 0.5) is 0 Å². The van der Waals surface area contributed by atoms with Crippen molar-refractivity contribution in [3.63, 3.8) is 0 Å². The van der Waals surface area contributed by atoms with Gasteiger partial charge < -0.3 is 9.73 Å². The van der Waals surface area contributed by atoms with E-state index >= 15 is 0 Å². The second-order valence-corrected chi connectivity index (χ2v) is 8.87. The predicted molar refractivity (Wildman–Crippen MR) is 118 cm³/mol. The van der Waals surface area contributed by atoms with Crippen molar-refractivity contribution in [2.45, 2.75) is 36.3 Å². The Morgan fingerprint density at radius 1 is 1.07 bits per heavy atom. The zero-order valence-corrected chi connectivity index (χ0v) is 18.3. The number of carbonyl (C=O) groups is 1. The summed E-state index contributed by atoms with van der Waals surface area (Å²) in [6.07, 6.45) is 0.681. The Hall–Kier alpha value is -2.25. The number of rotatable bonds is 10. The summed E-state index contributed by atoms with van der Waals surface area (Å²) >= 11 is 3.00. The van der Waals surface area contributed by atoms with Crippen LogP contribution in [0.1, 0.15) is 29.9 Å². The van der Waals surface area contributed by atoms with E-state index in [4.69, 9.17) is 4.42 Å². The van der Waals surface area contributed by atoms with Gasteiger partial charge in [-0.3, -0.25) is 4.79 Å². The summed E-state index contributed by atoms with van der Waals surface area (Å²) in [4.78, 5) is 13.2. The van der Waals surface area contributed by atoms with Crippen molar-refractivity contribution in [2.75, 3.05) is 18.1 Å². The van der Waals surface area contributed by atoms with E-state index in [9.17, 15) is 4.79 Å². The van der Waals surface area contributed by atoms with Crippen molar-refractivity contribution in [1.82, 2.24) is 15.5 Å². The van der Waals surface area contributed by atoms with Crippen LogP contribution >= 0.6 is 23.5 Å². The molecule has 1 N–H and O–H groups in total. The van der Waals surface area contributed by atoms with Gasteiger partial charge in [-0.2, -0.15) is 0 Å². The van der Waals surface area contributed by atoms with Crippen LogP contribution in [0.25, 0.3) is 0 Å². The maximum Gasteiger partial charge on any atom is 0.277 e. The van der Waals surface area contributed by atoms with Crippen molar-refractivity contribution in [1.29, 1.82) is 0 Å². The van der Waals surface area contributed by atoms with Crippen LogP contribution in [0.3, 0.4) is 0 Å². The standard InChI is InChI=1S/C22H25N3O2S2/c1-16-8-10-19(11-9-16)28-13-12-23-20(26)15-29-22-25-24-21(27-22)14-17(2)18-6-4-3-5-7-18/h3-11,17H,12-15H2,1-2H3,(H,23,26)/t17-/m1/s1. The van der Waals surface area contributed by atoms with Gasteiger partial charge in [-0.05, 0) is 30.5 Å². The fraction of sp³-hybridized carbons (Fsp3) is 0.318. The first kappa shape index (κ1) is 21.5. The molecular formula is C22H25N3O2S2. The molecule has 0 aliphatic heterocycles. The normalized spacial score (nSPS) is 11.9. The molecule has 0 saturated carbocycles. The molecule has 0 aliphatic rings. The van der Waals surface area contributed by atoms with Gasteiger partial charge in [0.2, 0.25) is 11.8 Å². The quantitative estimate of drug-likeness (QED) is 0.373. The minimum absolute atomic E-state index is 0.0306. The lowest BCUT2D eigenvalue weighted by Crippen LogP contribution is -2.27. The third kappa shape index (κ3) is 7.25. The Kier molecular flexibility index (Phi) is 8.19. The van der Waals surface area contributed by atoms with Crippen LogP contribution in [0.15, 0.2) is 69.1 Å². The summed E-state index contributed by atoms with van der Waals surface area (Å²) in [5.41, 5.74) is 2.49. The van der Waals surface area contributed by atoms with E-state index in [-0.39, 0.29) is 11.7 Å². The molecule has 0 radical (unpaired) electrons. The van der Waals surface area contributed by atoms with Crippen LogP contribution in [0, 0.1) is 6.92 Å². The van der Waals surface area contributed by atoms with E-state index in [0.29, 0.717) is 30.0 Å². The van der Waals surface area contributed by atoms with Gasteiger partial charge in [0, 0.05) is 23.6 Å². The molecule has 1 heterocycles. The van der Waals surface area contributed by atoms with Crippen molar-refractivity contribution in [3.8, 4) is 0 Å². The number of thioether (sulfide) groups is 2. The summed E-state index contributed by atoms with van der Waals surface area (Å²) in [5, 5.41) is 11.5. The van der Waals surface area contributed by atoms with Gasteiger partial charge in [-0.1, -0.05) is 66.7 Å². The highest BCUT2D eigenvalue weighted by atomic mass is 32.2. The molecule has 2 aromatic carbocycles. The Balaban J connectivity index is 1.34. The maximum absolute atomic E-state index is 12.0. The van der Waals surface area contributed by atoms with Crippen LogP contribution < -0.4 is 5.32 Å². The molecule has 0 unspecified atom stereocenters. The zero-order valence-electron chi connectivity index (χ0n) is 16.6. The topological polar surface area (TPSA) is 68.0 Å². The summed E-state index contributed by atoms with van der Waals surface area (Å²) in [5.74, 6) is 1.96. The Morgan fingerprint density at radius 3 is 2.59 bits per heavy atom. The van der Waals surface area contributed by atoms with Gasteiger partial charge in [-0.15, -0.1) is 22.0 Å². The number of hydrogen-bond acceptors (Lipinski definition) is 6. The zero-order chi connectivity index (χ0) is 20.5. The maximum atomic E-state index is 12.0. The van der Waals surface area contributed by atoms with Crippen molar-refractivity contribution in [3.05, 3.63) is 71.6 Å². The first-order valence-electron chi connectivity index (χ1n) is 9.56. The van der Waals surface area contributed by atoms with Crippen molar-refractivity contribution in [2.24, 2.45) is 0 Å². The number of hydrogen-bond donors (Lipinski definition) is 1. The first-order valence-corrected chi connectivity index (χ1v) is 11.5. The van der Waals surface area contributed by atoms with Crippen LogP contribution in [0.5, 0.6) is 0 Å². The molecule has 0 spiro atoms. The number of amides is 1. The highest BCUT2D eigenvalue weighted by Gasteiger charge is 2.13. The van der Waals surface area contributed by atoms with Gasteiger partial charge in [0.15, 0.2) is 0 Å². The third-order valence-corrected chi connectivity index (χ3v) is 6.17. The highest BCUT2D eigenvalue weighted by Crippen LogP contribution is 2.22. The predicted octanol–water partition coefficient (Wildman–Crippen LogP) is 4.72. The largest absolute Gasteiger partial charge is 0.416 e. The molecule has 0 saturated heterocycles. The van der Waals surface area contributed by atoms with Gasteiger partial charge in [-0.25, -0.2) is 0 Å². The Labute approximate surface area is 180 Å². The molecule has 1 atom stereocenters. The van der Waals surface area contributed by atoms with Crippen molar-refractivity contribution < 1.29 is 9.21 Å². The molecule has 7 heteroatoms. The second-order valence-electron chi connectivity index (χ2n) is 6.78. The highest BCUT2D eigenvalue weighted by molar-refractivity contribution is 7.99. The lowest BCUT2D eigenvalue weighted by Gasteiger charge is -2.08. The summed E-state index contributed by atoms with van der Waals surface area (Å²) in [6, 6.07) is 18.6. The lowest BCUT2D eigenvalue weighted by molar-refractivity contribution is -0.118. The first-order chi connectivity index (χ1) is 14.1. The van der Waals surface area contributed by atoms with Gasteiger partial charge in [0.1, 0.15) is 0 Å². The van der Waals surface area contributed by atoms with E-state index in [2.05, 4.69) is 65.8 Å². The number of carbonyl (C=O) groups excluding carboxylic acids is 1. The van der Waals surface area contributed by atoms with Gasteiger partial charge >= 0.3 is 0 Å². The molecule has 3 rings (SSSR count). The summed E-state index contributed by atoms with van der Waals surface area (Å²) in [7, 11) is 0. The molecule has 1 amide bonds. The van der Waals surface area contributed by atoms with Gasteiger partial charge in [0.05, 0.1) is 5.75 Å². The Bertz CT molecular complexity index is 898. The van der Waals surface area contributed by atoms with Gasteiger partial charge in [0.25, 0.3) is 5.22 Å². The van der Waals surface area contributed by atoms with E-state index in [1.54, 1.807) is 11.8 Å². The number of nitrogens with one attached hydrogen (secondary N) is 1. The molecule has 5 nitrogen and oxygen atoms in total. The van der Waals surface area contributed by atoms with Crippen LogP contribution in [-0.2, 0) is 11.2 Å². The monoisotopic (exact) mass is 427 g/mol. The van der Waals surface area contributed by atoms with E-state index in [0.717, 1.165) is 5.75 Å². The molecular weight excluding hydrogens is 402 g/mol.